The summed E-state index contributed by atoms with van der Waals surface area (Å²) >= 11 is 8.19. The topological polar surface area (TPSA) is 50.0 Å². The van der Waals surface area contributed by atoms with Gasteiger partial charge in [-0.05, 0) is 43.9 Å². The van der Waals surface area contributed by atoms with E-state index >= 15 is 0 Å². The molecule has 0 N–H and O–H groups in total. The smallest absolute Gasteiger partial charge is 0.249 e. The highest BCUT2D eigenvalue weighted by Gasteiger charge is 2.40. The van der Waals surface area contributed by atoms with Crippen LogP contribution in [0.15, 0.2) is 53.7 Å². The van der Waals surface area contributed by atoms with E-state index in [4.69, 9.17) is 16.6 Å². The number of hydrogen-bond acceptors (Lipinski definition) is 4. The first-order chi connectivity index (χ1) is 15.5. The second kappa shape index (κ2) is 8.87. The van der Waals surface area contributed by atoms with Gasteiger partial charge in [0, 0.05) is 25.2 Å². The summed E-state index contributed by atoms with van der Waals surface area (Å²) in [5.74, 6) is -0.296. The number of likely N-dealkylation sites (tertiary alicyclic amines) is 1. The zero-order chi connectivity index (χ0) is 22.2. The van der Waals surface area contributed by atoms with E-state index in [0.717, 1.165) is 29.9 Å². The lowest BCUT2D eigenvalue weighted by Gasteiger charge is -2.37. The van der Waals surface area contributed by atoms with Gasteiger partial charge in [0.05, 0.1) is 16.0 Å². The SMILES string of the molecule is CC1=NC(C(=O)N2CCCC[C@H]2Cc2nc3ccc(F)cn3c2Cl)C(c2ccccc2)S1. The van der Waals surface area contributed by atoms with Gasteiger partial charge in [-0.1, -0.05) is 41.9 Å². The minimum absolute atomic E-state index is 0.000962. The molecule has 1 amide bonds. The van der Waals surface area contributed by atoms with E-state index < -0.39 is 6.04 Å². The highest BCUT2D eigenvalue weighted by atomic mass is 35.5. The molecule has 2 unspecified atom stereocenters. The second-order valence-corrected chi connectivity index (χ2v) is 10.0. The molecule has 2 aliphatic heterocycles. The first kappa shape index (κ1) is 21.5. The van der Waals surface area contributed by atoms with Crippen molar-refractivity contribution in [3.63, 3.8) is 0 Å². The van der Waals surface area contributed by atoms with Crippen molar-refractivity contribution < 1.29 is 9.18 Å². The normalized spacial score (nSPS) is 23.5. The number of halogens is 2. The Labute approximate surface area is 195 Å². The molecule has 8 heteroatoms. The van der Waals surface area contributed by atoms with Crippen LogP contribution in [0.3, 0.4) is 0 Å². The number of nitrogens with zero attached hydrogens (tertiary/aromatic N) is 4. The van der Waals surface area contributed by atoms with E-state index in [1.54, 1.807) is 22.2 Å². The van der Waals surface area contributed by atoms with Crippen molar-refractivity contribution in [1.29, 1.82) is 0 Å². The lowest BCUT2D eigenvalue weighted by atomic mass is 9.96. The third-order valence-corrected chi connectivity index (χ3v) is 7.85. The number of amides is 1. The van der Waals surface area contributed by atoms with Gasteiger partial charge in [-0.25, -0.2) is 9.37 Å². The Morgan fingerprint density at radius 3 is 2.84 bits per heavy atom. The van der Waals surface area contributed by atoms with Gasteiger partial charge in [0.2, 0.25) is 5.91 Å². The monoisotopic (exact) mass is 470 g/mol. The molecule has 0 aliphatic carbocycles. The van der Waals surface area contributed by atoms with Crippen LogP contribution in [-0.4, -0.2) is 43.9 Å². The van der Waals surface area contributed by atoms with Crippen LogP contribution < -0.4 is 0 Å². The van der Waals surface area contributed by atoms with E-state index in [1.807, 2.05) is 30.0 Å². The molecule has 3 aromatic rings. The molecule has 0 spiro atoms. The maximum atomic E-state index is 13.7. The Bertz CT molecular complexity index is 1180. The van der Waals surface area contributed by atoms with Crippen molar-refractivity contribution in [2.75, 3.05) is 6.54 Å². The third kappa shape index (κ3) is 4.04. The van der Waals surface area contributed by atoms with Gasteiger partial charge in [0.25, 0.3) is 0 Å². The molecule has 4 heterocycles. The number of imidazole rings is 1. The molecule has 3 atom stereocenters. The van der Waals surface area contributed by atoms with Crippen LogP contribution in [0.1, 0.15) is 42.7 Å². The van der Waals surface area contributed by atoms with E-state index in [1.165, 1.54) is 12.3 Å². The number of carbonyl (C=O) groups is 1. The Morgan fingerprint density at radius 1 is 1.22 bits per heavy atom. The number of benzene rings is 1. The molecule has 0 bridgehead atoms. The molecule has 166 valence electrons. The number of thioether (sulfide) groups is 1. The first-order valence-corrected chi connectivity index (χ1v) is 12.2. The fourth-order valence-corrected chi connectivity index (χ4v) is 6.08. The van der Waals surface area contributed by atoms with Gasteiger partial charge in [-0.2, -0.15) is 0 Å². The Hall–Kier alpha value is -2.38. The predicted octanol–water partition coefficient (Wildman–Crippen LogP) is 5.33. The maximum Gasteiger partial charge on any atom is 0.249 e. The van der Waals surface area contributed by atoms with E-state index in [9.17, 15) is 9.18 Å². The van der Waals surface area contributed by atoms with Crippen LogP contribution in [0.4, 0.5) is 4.39 Å². The molecule has 0 radical (unpaired) electrons. The molecule has 1 aromatic carbocycles. The second-order valence-electron chi connectivity index (χ2n) is 8.35. The van der Waals surface area contributed by atoms with Crippen LogP contribution >= 0.6 is 23.4 Å². The highest BCUT2D eigenvalue weighted by Crippen LogP contribution is 2.41. The molecule has 1 fully saturated rings. The molecule has 2 aliphatic rings. The molecule has 32 heavy (non-hydrogen) atoms. The molecular weight excluding hydrogens is 447 g/mol. The quantitative estimate of drug-likeness (QED) is 0.518. The molecular formula is C24H24ClFN4OS. The minimum atomic E-state index is -0.423. The number of aromatic nitrogens is 2. The summed E-state index contributed by atoms with van der Waals surface area (Å²) in [7, 11) is 0. The van der Waals surface area contributed by atoms with Crippen molar-refractivity contribution in [2.24, 2.45) is 4.99 Å². The molecule has 2 aromatic heterocycles. The molecule has 5 nitrogen and oxygen atoms in total. The highest BCUT2D eigenvalue weighted by molar-refractivity contribution is 8.14. The van der Waals surface area contributed by atoms with Gasteiger partial charge in [-0.15, -0.1) is 11.8 Å². The summed E-state index contributed by atoms with van der Waals surface area (Å²) in [4.78, 5) is 25.0. The lowest BCUT2D eigenvalue weighted by Crippen LogP contribution is -2.49. The lowest BCUT2D eigenvalue weighted by molar-refractivity contribution is -0.136. The van der Waals surface area contributed by atoms with Crippen molar-refractivity contribution in [3.05, 3.63) is 70.9 Å². The Kier molecular flexibility index (Phi) is 5.95. The van der Waals surface area contributed by atoms with Crippen LogP contribution in [0.25, 0.3) is 5.65 Å². The van der Waals surface area contributed by atoms with Gasteiger partial charge in [-0.3, -0.25) is 14.2 Å². The number of fused-ring (bicyclic) bond motifs is 1. The first-order valence-electron chi connectivity index (χ1n) is 10.9. The van der Waals surface area contributed by atoms with Crippen LogP contribution in [-0.2, 0) is 11.2 Å². The summed E-state index contributed by atoms with van der Waals surface area (Å²) in [6.45, 7) is 2.68. The van der Waals surface area contributed by atoms with E-state index in [2.05, 4.69) is 17.1 Å². The number of carbonyl (C=O) groups excluding carboxylic acids is 1. The number of rotatable bonds is 4. The number of piperidine rings is 1. The van der Waals surface area contributed by atoms with Crippen molar-refractivity contribution in [3.8, 4) is 0 Å². The van der Waals surface area contributed by atoms with Crippen LogP contribution in [0, 0.1) is 5.82 Å². The number of aliphatic imine (C=N–C) groups is 1. The standard InChI is InChI=1S/C24H24ClFN4OS/c1-15-27-21(22(32-15)16-7-3-2-4-8-16)24(31)29-12-6-5-9-18(29)13-19-23(25)30-14-17(26)10-11-20(30)28-19/h2-4,7-8,10-11,14,18,21-22H,5-6,9,12-13H2,1H3/t18-,21?,22?/m0/s1. The van der Waals surface area contributed by atoms with Crippen LogP contribution in [0.2, 0.25) is 5.15 Å². The van der Waals surface area contributed by atoms with Gasteiger partial charge >= 0.3 is 0 Å². The third-order valence-electron chi connectivity index (χ3n) is 6.22. The van der Waals surface area contributed by atoms with Gasteiger partial charge in [0.15, 0.2) is 0 Å². The minimum Gasteiger partial charge on any atom is -0.337 e. The van der Waals surface area contributed by atoms with Crippen molar-refractivity contribution in [1.82, 2.24) is 14.3 Å². The van der Waals surface area contributed by atoms with Crippen LogP contribution in [0.5, 0.6) is 0 Å². The molecule has 5 rings (SSSR count). The van der Waals surface area contributed by atoms with E-state index in [-0.39, 0.29) is 23.0 Å². The zero-order valence-electron chi connectivity index (χ0n) is 17.7. The van der Waals surface area contributed by atoms with Gasteiger partial charge in [0.1, 0.15) is 22.7 Å². The summed E-state index contributed by atoms with van der Waals surface area (Å²) in [6, 6.07) is 12.7. The molecule has 0 saturated carbocycles. The van der Waals surface area contributed by atoms with E-state index in [0.29, 0.717) is 29.5 Å². The average molecular weight is 471 g/mol. The van der Waals surface area contributed by atoms with Crippen molar-refractivity contribution >= 4 is 40.0 Å². The fourth-order valence-electron chi connectivity index (χ4n) is 4.68. The average Bonchev–Trinajstić information content (AvgIpc) is 3.34. The Morgan fingerprint density at radius 2 is 2.03 bits per heavy atom. The Balaban J connectivity index is 1.41. The largest absolute Gasteiger partial charge is 0.337 e. The molecule has 1 saturated heterocycles. The number of pyridine rings is 1. The zero-order valence-corrected chi connectivity index (χ0v) is 19.3. The summed E-state index contributed by atoms with van der Waals surface area (Å²) in [5, 5.41) is 1.34. The number of hydrogen-bond donors (Lipinski definition) is 0. The summed E-state index contributed by atoms with van der Waals surface area (Å²) in [5.41, 5.74) is 2.43. The predicted molar refractivity (Wildman–Crippen MR) is 127 cm³/mol. The summed E-state index contributed by atoms with van der Waals surface area (Å²) in [6.07, 6.45) is 4.81. The van der Waals surface area contributed by atoms with Crippen molar-refractivity contribution in [2.45, 2.75) is 49.9 Å². The van der Waals surface area contributed by atoms with Gasteiger partial charge < -0.3 is 4.90 Å². The maximum absolute atomic E-state index is 13.7. The fraction of sp³-hybridized carbons (Fsp3) is 0.375. The summed E-state index contributed by atoms with van der Waals surface area (Å²) < 4.78 is 15.2.